The van der Waals surface area contributed by atoms with Crippen molar-refractivity contribution in [3.05, 3.63) is 90.0 Å². The van der Waals surface area contributed by atoms with Gasteiger partial charge in [0.2, 0.25) is 5.91 Å². The zero-order valence-corrected chi connectivity index (χ0v) is 17.6. The van der Waals surface area contributed by atoms with Gasteiger partial charge >= 0.3 is 5.97 Å². The predicted molar refractivity (Wildman–Crippen MR) is 119 cm³/mol. The van der Waals surface area contributed by atoms with Gasteiger partial charge in [-0.25, -0.2) is 14.8 Å². The van der Waals surface area contributed by atoms with E-state index >= 15 is 0 Å². The third-order valence-corrected chi connectivity index (χ3v) is 5.97. The number of carboxylic acid groups (broad SMARTS) is 1. The van der Waals surface area contributed by atoms with E-state index in [0.717, 1.165) is 4.90 Å². The van der Waals surface area contributed by atoms with Crippen LogP contribution in [0.4, 0.5) is 11.4 Å². The summed E-state index contributed by atoms with van der Waals surface area (Å²) in [6.07, 6.45) is -1.08. The van der Waals surface area contributed by atoms with Gasteiger partial charge in [-0.1, -0.05) is 36.4 Å². The molecule has 2 aliphatic rings. The Labute approximate surface area is 189 Å². The van der Waals surface area contributed by atoms with E-state index in [0.29, 0.717) is 22.7 Å². The number of carboxylic acids is 1. The number of imide groups is 1. The Balaban J connectivity index is 1.61. The second-order valence-corrected chi connectivity index (χ2v) is 7.76. The molecule has 0 radical (unpaired) electrons. The molecule has 3 aromatic rings. The summed E-state index contributed by atoms with van der Waals surface area (Å²) in [6.45, 7) is 0. The molecule has 8 heteroatoms. The van der Waals surface area contributed by atoms with Crippen molar-refractivity contribution in [2.24, 2.45) is 5.92 Å². The average Bonchev–Trinajstić information content (AvgIpc) is 3.35. The minimum atomic E-state index is -1.12. The van der Waals surface area contributed by atoms with Gasteiger partial charge in [0, 0.05) is 0 Å². The van der Waals surface area contributed by atoms with E-state index in [1.165, 1.54) is 18.2 Å². The Morgan fingerprint density at radius 2 is 1.55 bits per heavy atom. The zero-order valence-electron chi connectivity index (χ0n) is 17.6. The highest BCUT2D eigenvalue weighted by molar-refractivity contribution is 6.24. The first-order chi connectivity index (χ1) is 16.0. The third kappa shape index (κ3) is 3.32. The van der Waals surface area contributed by atoms with Crippen LogP contribution >= 0.6 is 0 Å². The first kappa shape index (κ1) is 20.7. The van der Waals surface area contributed by atoms with Gasteiger partial charge in [-0.05, 0) is 48.0 Å². The average molecular weight is 444 g/mol. The summed E-state index contributed by atoms with van der Waals surface area (Å²) in [7, 11) is 1.53. The van der Waals surface area contributed by atoms with Crippen molar-refractivity contribution in [2.75, 3.05) is 17.1 Å². The van der Waals surface area contributed by atoms with Gasteiger partial charge < -0.3 is 9.84 Å². The lowest BCUT2D eigenvalue weighted by Crippen LogP contribution is -2.37. The molecule has 0 bridgehead atoms. The van der Waals surface area contributed by atoms with Crippen molar-refractivity contribution in [3.8, 4) is 5.75 Å². The SMILES string of the molecule is COc1ccc(N2C(=O)[C@H]3[C@H](ON(c4ccccc4)[C@@H]3c3ccccc3C(=O)O)C2=O)cc1. The molecule has 2 heterocycles. The number of methoxy groups -OCH3 is 1. The summed E-state index contributed by atoms with van der Waals surface area (Å²) in [4.78, 5) is 46.1. The normalized spacial score (nSPS) is 21.9. The van der Waals surface area contributed by atoms with Gasteiger partial charge in [0.05, 0.1) is 30.1 Å². The van der Waals surface area contributed by atoms with Crippen LogP contribution in [0.5, 0.6) is 5.75 Å². The predicted octanol–water partition coefficient (Wildman–Crippen LogP) is 3.44. The van der Waals surface area contributed by atoms with Crippen LogP contribution in [0.15, 0.2) is 78.9 Å². The van der Waals surface area contributed by atoms with Crippen molar-refractivity contribution in [2.45, 2.75) is 12.1 Å². The highest BCUT2D eigenvalue weighted by Crippen LogP contribution is 2.48. The molecule has 2 amide bonds. The standard InChI is InChI=1S/C25H20N2O6/c1-32-17-13-11-15(12-14-17)26-23(28)20-21(18-9-5-6-10-19(18)25(30)31)27(33-22(20)24(26)29)16-7-3-2-4-8-16/h2-14,20-22H,1H3,(H,30,31)/t20-,21-,22+/m1/s1. The van der Waals surface area contributed by atoms with Crippen LogP contribution < -0.4 is 14.7 Å². The number of ether oxygens (including phenoxy) is 1. The maximum absolute atomic E-state index is 13.6. The quantitative estimate of drug-likeness (QED) is 0.602. The number of para-hydroxylation sites is 1. The molecular formula is C25H20N2O6. The zero-order chi connectivity index (χ0) is 23.1. The topological polar surface area (TPSA) is 96.4 Å². The van der Waals surface area contributed by atoms with Crippen molar-refractivity contribution in [3.63, 3.8) is 0 Å². The van der Waals surface area contributed by atoms with Crippen LogP contribution in [0.3, 0.4) is 0 Å². The van der Waals surface area contributed by atoms with E-state index < -0.39 is 35.8 Å². The summed E-state index contributed by atoms with van der Waals surface area (Å²) in [5, 5.41) is 11.3. The lowest BCUT2D eigenvalue weighted by Gasteiger charge is -2.29. The van der Waals surface area contributed by atoms with Gasteiger partial charge in [-0.2, -0.15) is 0 Å². The molecule has 3 atom stereocenters. The Hall–Kier alpha value is -4.17. The lowest BCUT2D eigenvalue weighted by atomic mass is 9.88. The molecule has 5 rings (SSSR count). The minimum Gasteiger partial charge on any atom is -0.497 e. The molecule has 2 fully saturated rings. The second kappa shape index (κ2) is 8.07. The number of fused-ring (bicyclic) bond motifs is 1. The number of aromatic carboxylic acids is 1. The molecular weight excluding hydrogens is 424 g/mol. The number of rotatable bonds is 5. The molecule has 0 spiro atoms. The van der Waals surface area contributed by atoms with Gasteiger partial charge in [0.25, 0.3) is 5.91 Å². The number of carbonyl (C=O) groups is 3. The summed E-state index contributed by atoms with van der Waals surface area (Å²) < 4.78 is 5.16. The first-order valence-corrected chi connectivity index (χ1v) is 10.4. The molecule has 0 saturated carbocycles. The molecule has 166 valence electrons. The Kier molecular flexibility index (Phi) is 5.07. The number of hydrogen-bond donors (Lipinski definition) is 1. The van der Waals surface area contributed by atoms with E-state index in [4.69, 9.17) is 9.57 Å². The van der Waals surface area contributed by atoms with Crippen LogP contribution in [-0.4, -0.2) is 36.1 Å². The van der Waals surface area contributed by atoms with E-state index in [1.807, 2.05) is 6.07 Å². The van der Waals surface area contributed by atoms with Gasteiger partial charge in [-0.15, -0.1) is 0 Å². The molecule has 2 aliphatic heterocycles. The molecule has 2 saturated heterocycles. The van der Waals surface area contributed by atoms with Crippen LogP contribution in [0.25, 0.3) is 0 Å². The van der Waals surface area contributed by atoms with Crippen LogP contribution in [0, 0.1) is 5.92 Å². The summed E-state index contributed by atoms with van der Waals surface area (Å²) in [6, 6.07) is 21.3. The molecule has 33 heavy (non-hydrogen) atoms. The van der Waals surface area contributed by atoms with Gasteiger partial charge in [0.15, 0.2) is 6.10 Å². The van der Waals surface area contributed by atoms with E-state index in [-0.39, 0.29) is 5.56 Å². The monoisotopic (exact) mass is 444 g/mol. The van der Waals surface area contributed by atoms with Crippen LogP contribution in [0.1, 0.15) is 22.0 Å². The van der Waals surface area contributed by atoms with Gasteiger partial charge in [0.1, 0.15) is 11.7 Å². The van der Waals surface area contributed by atoms with Crippen LogP contribution in [0.2, 0.25) is 0 Å². The fraction of sp³-hybridized carbons (Fsp3) is 0.160. The number of hydroxylamine groups is 1. The van der Waals surface area contributed by atoms with E-state index in [1.54, 1.807) is 66.7 Å². The molecule has 1 N–H and O–H groups in total. The third-order valence-electron chi connectivity index (χ3n) is 5.97. The minimum absolute atomic E-state index is 0.0517. The van der Waals surface area contributed by atoms with E-state index in [9.17, 15) is 19.5 Å². The number of carbonyl (C=O) groups excluding carboxylic acids is 2. The smallest absolute Gasteiger partial charge is 0.336 e. The number of benzene rings is 3. The maximum Gasteiger partial charge on any atom is 0.336 e. The number of amides is 2. The summed E-state index contributed by atoms with van der Waals surface area (Å²) in [5.74, 6) is -2.38. The van der Waals surface area contributed by atoms with Crippen molar-refractivity contribution in [1.29, 1.82) is 0 Å². The Morgan fingerprint density at radius 1 is 0.879 bits per heavy atom. The second-order valence-electron chi connectivity index (χ2n) is 7.76. The molecule has 8 nitrogen and oxygen atoms in total. The van der Waals surface area contributed by atoms with Gasteiger partial charge in [-0.3, -0.25) is 14.4 Å². The Bertz CT molecular complexity index is 1230. The number of nitrogens with zero attached hydrogens (tertiary/aromatic N) is 2. The number of hydrogen-bond acceptors (Lipinski definition) is 6. The van der Waals surface area contributed by atoms with Crippen molar-refractivity contribution in [1.82, 2.24) is 0 Å². The van der Waals surface area contributed by atoms with E-state index in [2.05, 4.69) is 0 Å². The lowest BCUT2D eigenvalue weighted by molar-refractivity contribution is -0.126. The molecule has 0 unspecified atom stereocenters. The number of anilines is 2. The molecule has 0 aliphatic carbocycles. The fourth-order valence-electron chi connectivity index (χ4n) is 4.46. The summed E-state index contributed by atoms with van der Waals surface area (Å²) >= 11 is 0. The molecule has 0 aromatic heterocycles. The molecule has 3 aromatic carbocycles. The Morgan fingerprint density at radius 3 is 2.21 bits per heavy atom. The van der Waals surface area contributed by atoms with Crippen molar-refractivity contribution >= 4 is 29.2 Å². The maximum atomic E-state index is 13.6. The fourth-order valence-corrected chi connectivity index (χ4v) is 4.46. The summed E-state index contributed by atoms with van der Waals surface area (Å²) in [5.41, 5.74) is 1.48. The van der Waals surface area contributed by atoms with Crippen molar-refractivity contribution < 1.29 is 29.1 Å². The largest absolute Gasteiger partial charge is 0.497 e. The first-order valence-electron chi connectivity index (χ1n) is 10.4. The van der Waals surface area contributed by atoms with Crippen LogP contribution in [-0.2, 0) is 14.4 Å². The highest BCUT2D eigenvalue weighted by Gasteiger charge is 2.60. The highest BCUT2D eigenvalue weighted by atomic mass is 16.7.